The van der Waals surface area contributed by atoms with Crippen LogP contribution in [-0.4, -0.2) is 31.8 Å². The van der Waals surface area contributed by atoms with Gasteiger partial charge in [-0.05, 0) is 31.2 Å². The van der Waals surface area contributed by atoms with E-state index in [0.717, 1.165) is 22.7 Å². The van der Waals surface area contributed by atoms with Crippen molar-refractivity contribution in [3.63, 3.8) is 0 Å². The fraction of sp³-hybridized carbons (Fsp3) is 0.300. The van der Waals surface area contributed by atoms with Gasteiger partial charge in [-0.25, -0.2) is 17.6 Å². The van der Waals surface area contributed by atoms with Gasteiger partial charge in [-0.1, -0.05) is 0 Å². The van der Waals surface area contributed by atoms with Crippen molar-refractivity contribution in [1.82, 2.24) is 0 Å². The Kier molecular flexibility index (Phi) is 3.72. The van der Waals surface area contributed by atoms with Crippen LogP contribution in [-0.2, 0) is 14.8 Å². The fourth-order valence-electron chi connectivity index (χ4n) is 1.39. The monoisotopic (exact) mass is 261 g/mol. The molecule has 1 aromatic carbocycles. The lowest BCUT2D eigenvalue weighted by Crippen LogP contribution is -2.42. The van der Waals surface area contributed by atoms with Gasteiger partial charge in [0.2, 0.25) is 10.0 Å². The molecule has 0 heterocycles. The number of benzene rings is 1. The van der Waals surface area contributed by atoms with Crippen molar-refractivity contribution < 1.29 is 22.7 Å². The van der Waals surface area contributed by atoms with Gasteiger partial charge in [-0.15, -0.1) is 0 Å². The SMILES string of the molecule is C[C@H](C(=O)O)N(c1ccc(F)cc1)S(C)(=O)=O. The number of hydrogen-bond acceptors (Lipinski definition) is 3. The van der Waals surface area contributed by atoms with E-state index in [2.05, 4.69) is 0 Å². The highest BCUT2D eigenvalue weighted by molar-refractivity contribution is 7.92. The molecule has 1 aromatic rings. The molecule has 0 amide bonds. The second-order valence-corrected chi connectivity index (χ2v) is 5.41. The Labute approximate surface area is 98.5 Å². The van der Waals surface area contributed by atoms with Crippen molar-refractivity contribution in [2.24, 2.45) is 0 Å². The molecule has 1 N–H and O–H groups in total. The van der Waals surface area contributed by atoms with Crippen LogP contribution in [0.25, 0.3) is 0 Å². The van der Waals surface area contributed by atoms with Crippen LogP contribution < -0.4 is 4.31 Å². The van der Waals surface area contributed by atoms with Gasteiger partial charge in [0.15, 0.2) is 0 Å². The number of aliphatic carboxylic acids is 1. The molecular weight excluding hydrogens is 249 g/mol. The van der Waals surface area contributed by atoms with Crippen LogP contribution >= 0.6 is 0 Å². The average molecular weight is 261 g/mol. The number of halogens is 1. The number of nitrogens with zero attached hydrogens (tertiary/aromatic N) is 1. The Morgan fingerprint density at radius 1 is 1.35 bits per heavy atom. The van der Waals surface area contributed by atoms with Crippen LogP contribution in [0.2, 0.25) is 0 Å². The first-order chi connectivity index (χ1) is 7.73. The van der Waals surface area contributed by atoms with Crippen molar-refractivity contribution >= 4 is 21.7 Å². The third kappa shape index (κ3) is 3.16. The summed E-state index contributed by atoms with van der Waals surface area (Å²) >= 11 is 0. The van der Waals surface area contributed by atoms with E-state index in [1.165, 1.54) is 19.1 Å². The number of anilines is 1. The van der Waals surface area contributed by atoms with Gasteiger partial charge in [0.1, 0.15) is 11.9 Å². The normalized spacial score (nSPS) is 13.1. The van der Waals surface area contributed by atoms with Crippen molar-refractivity contribution in [3.8, 4) is 0 Å². The maximum Gasteiger partial charge on any atom is 0.327 e. The van der Waals surface area contributed by atoms with Crippen LogP contribution in [0, 0.1) is 5.82 Å². The van der Waals surface area contributed by atoms with Crippen molar-refractivity contribution in [1.29, 1.82) is 0 Å². The largest absolute Gasteiger partial charge is 0.480 e. The third-order valence-electron chi connectivity index (χ3n) is 2.15. The molecule has 0 fully saturated rings. The van der Waals surface area contributed by atoms with Crippen LogP contribution in [0.5, 0.6) is 0 Å². The minimum absolute atomic E-state index is 0.115. The number of sulfonamides is 1. The van der Waals surface area contributed by atoms with E-state index >= 15 is 0 Å². The summed E-state index contributed by atoms with van der Waals surface area (Å²) in [7, 11) is -3.75. The summed E-state index contributed by atoms with van der Waals surface area (Å²) in [5, 5.41) is 8.85. The minimum atomic E-state index is -3.75. The molecule has 0 aliphatic rings. The lowest BCUT2D eigenvalue weighted by Gasteiger charge is -2.26. The highest BCUT2D eigenvalue weighted by Crippen LogP contribution is 2.20. The molecule has 7 heteroatoms. The molecule has 0 aromatic heterocycles. The summed E-state index contributed by atoms with van der Waals surface area (Å²) in [5.41, 5.74) is 0.115. The fourth-order valence-corrected chi connectivity index (χ4v) is 2.56. The number of hydrogen-bond donors (Lipinski definition) is 1. The molecule has 17 heavy (non-hydrogen) atoms. The van der Waals surface area contributed by atoms with E-state index in [0.29, 0.717) is 0 Å². The Hall–Kier alpha value is -1.63. The number of carbonyl (C=O) groups is 1. The van der Waals surface area contributed by atoms with Gasteiger partial charge in [0, 0.05) is 0 Å². The van der Waals surface area contributed by atoms with Gasteiger partial charge < -0.3 is 5.11 Å². The first-order valence-electron chi connectivity index (χ1n) is 4.71. The maximum atomic E-state index is 12.7. The zero-order chi connectivity index (χ0) is 13.2. The molecule has 0 saturated carbocycles. The van der Waals surface area contributed by atoms with E-state index < -0.39 is 27.9 Å². The average Bonchev–Trinajstić information content (AvgIpc) is 2.19. The summed E-state index contributed by atoms with van der Waals surface area (Å²) in [6, 6.07) is 3.32. The Bertz CT molecular complexity index is 512. The van der Waals surface area contributed by atoms with Crippen LogP contribution in [0.4, 0.5) is 10.1 Å². The summed E-state index contributed by atoms with van der Waals surface area (Å²) in [4.78, 5) is 10.8. The quantitative estimate of drug-likeness (QED) is 0.879. The molecule has 0 aliphatic heterocycles. The van der Waals surface area contributed by atoms with Gasteiger partial charge >= 0.3 is 5.97 Å². The van der Waals surface area contributed by atoms with E-state index in [9.17, 15) is 17.6 Å². The summed E-state index contributed by atoms with van der Waals surface area (Å²) in [5.74, 6) is -1.80. The summed E-state index contributed by atoms with van der Waals surface area (Å²) < 4.78 is 36.5. The Morgan fingerprint density at radius 2 is 1.82 bits per heavy atom. The molecule has 0 radical (unpaired) electrons. The van der Waals surface area contributed by atoms with E-state index in [1.54, 1.807) is 0 Å². The predicted octanol–water partition coefficient (Wildman–Crippen LogP) is 1.06. The second kappa shape index (κ2) is 4.70. The molecule has 0 aliphatic carbocycles. The molecule has 1 atom stereocenters. The zero-order valence-corrected chi connectivity index (χ0v) is 10.1. The topological polar surface area (TPSA) is 74.7 Å². The van der Waals surface area contributed by atoms with Crippen molar-refractivity contribution in [2.75, 3.05) is 10.6 Å². The molecule has 0 bridgehead atoms. The molecule has 94 valence electrons. The summed E-state index contributed by atoms with van der Waals surface area (Å²) in [6.07, 6.45) is 0.899. The Morgan fingerprint density at radius 3 is 2.18 bits per heavy atom. The highest BCUT2D eigenvalue weighted by atomic mass is 32.2. The third-order valence-corrected chi connectivity index (χ3v) is 3.39. The molecule has 0 unspecified atom stereocenters. The van der Waals surface area contributed by atoms with Crippen molar-refractivity contribution in [2.45, 2.75) is 13.0 Å². The number of carboxylic acid groups (broad SMARTS) is 1. The van der Waals surface area contributed by atoms with Crippen molar-refractivity contribution in [3.05, 3.63) is 30.1 Å². The highest BCUT2D eigenvalue weighted by Gasteiger charge is 2.28. The van der Waals surface area contributed by atoms with Gasteiger partial charge in [0.05, 0.1) is 11.9 Å². The molecule has 5 nitrogen and oxygen atoms in total. The first kappa shape index (κ1) is 13.4. The Balaban J connectivity index is 3.25. The van der Waals surface area contributed by atoms with Crippen LogP contribution in [0.1, 0.15) is 6.92 Å². The summed E-state index contributed by atoms with van der Waals surface area (Å²) in [6.45, 7) is 1.24. The second-order valence-electron chi connectivity index (χ2n) is 3.55. The lowest BCUT2D eigenvalue weighted by molar-refractivity contribution is -0.137. The first-order valence-corrected chi connectivity index (χ1v) is 6.56. The van der Waals surface area contributed by atoms with Gasteiger partial charge in [-0.3, -0.25) is 4.31 Å². The molecular formula is C10H12FNO4S. The number of carboxylic acids is 1. The van der Waals surface area contributed by atoms with Gasteiger partial charge in [-0.2, -0.15) is 0 Å². The minimum Gasteiger partial charge on any atom is -0.480 e. The number of rotatable bonds is 4. The van der Waals surface area contributed by atoms with E-state index in [-0.39, 0.29) is 5.69 Å². The van der Waals surface area contributed by atoms with E-state index in [1.807, 2.05) is 0 Å². The maximum absolute atomic E-state index is 12.7. The molecule has 0 saturated heterocycles. The van der Waals surface area contributed by atoms with Crippen LogP contribution in [0.15, 0.2) is 24.3 Å². The van der Waals surface area contributed by atoms with E-state index in [4.69, 9.17) is 5.11 Å². The smallest absolute Gasteiger partial charge is 0.327 e. The molecule has 0 spiro atoms. The standard InChI is InChI=1S/C10H12FNO4S/c1-7(10(13)14)12(17(2,15)16)9-5-3-8(11)4-6-9/h3-7H,1-2H3,(H,13,14)/t7-/m1/s1. The predicted molar refractivity (Wildman–Crippen MR) is 60.8 cm³/mol. The lowest BCUT2D eigenvalue weighted by atomic mass is 10.2. The van der Waals surface area contributed by atoms with Gasteiger partial charge in [0.25, 0.3) is 0 Å². The zero-order valence-electron chi connectivity index (χ0n) is 9.29. The van der Waals surface area contributed by atoms with Crippen LogP contribution in [0.3, 0.4) is 0 Å². The molecule has 1 rings (SSSR count).